The lowest BCUT2D eigenvalue weighted by molar-refractivity contribution is 0.254. The van der Waals surface area contributed by atoms with Crippen LogP contribution in [0.3, 0.4) is 0 Å². The first kappa shape index (κ1) is 14.5. The van der Waals surface area contributed by atoms with Crippen LogP contribution in [0.2, 0.25) is 0 Å². The third-order valence-electron chi connectivity index (χ3n) is 3.90. The molecule has 0 aliphatic carbocycles. The summed E-state index contributed by atoms with van der Waals surface area (Å²) in [6, 6.07) is 5.74. The van der Waals surface area contributed by atoms with E-state index < -0.39 is 0 Å². The number of rotatable bonds is 4. The molecule has 106 valence electrons. The molecule has 19 heavy (non-hydrogen) atoms. The van der Waals surface area contributed by atoms with Crippen LogP contribution >= 0.6 is 0 Å². The third kappa shape index (κ3) is 4.29. The van der Waals surface area contributed by atoms with Crippen LogP contribution in [0, 0.1) is 12.7 Å². The zero-order valence-electron chi connectivity index (χ0n) is 12.1. The van der Waals surface area contributed by atoms with Crippen molar-refractivity contribution in [2.75, 3.05) is 19.6 Å². The molecule has 1 fully saturated rings. The van der Waals surface area contributed by atoms with E-state index in [9.17, 15) is 4.39 Å². The molecule has 2 rings (SSSR count). The van der Waals surface area contributed by atoms with E-state index in [0.717, 1.165) is 31.7 Å². The number of halogens is 1. The average molecular weight is 264 g/mol. The summed E-state index contributed by atoms with van der Waals surface area (Å²) < 4.78 is 13.1. The van der Waals surface area contributed by atoms with Gasteiger partial charge in [-0.15, -0.1) is 0 Å². The smallest absolute Gasteiger partial charge is 0.123 e. The molecule has 0 saturated carbocycles. The summed E-state index contributed by atoms with van der Waals surface area (Å²) >= 11 is 0. The fraction of sp³-hybridized carbons (Fsp3) is 0.625. The highest BCUT2D eigenvalue weighted by Gasteiger charge is 2.17. The molecule has 1 saturated heterocycles. The van der Waals surface area contributed by atoms with E-state index in [-0.39, 0.29) is 5.82 Å². The zero-order chi connectivity index (χ0) is 13.7. The molecule has 1 aliphatic heterocycles. The number of hydrogen-bond donors (Lipinski definition) is 1. The van der Waals surface area contributed by atoms with Crippen molar-refractivity contribution in [1.82, 2.24) is 10.2 Å². The minimum Gasteiger partial charge on any atom is -0.313 e. The Labute approximate surface area is 116 Å². The normalized spacial score (nSPS) is 21.3. The third-order valence-corrected chi connectivity index (χ3v) is 3.90. The lowest BCUT2D eigenvalue weighted by atomic mass is 10.1. The minimum absolute atomic E-state index is 0.136. The van der Waals surface area contributed by atoms with Gasteiger partial charge in [0.25, 0.3) is 0 Å². The maximum absolute atomic E-state index is 13.1. The second-order valence-corrected chi connectivity index (χ2v) is 5.60. The van der Waals surface area contributed by atoms with Crippen LogP contribution in [0.1, 0.15) is 37.3 Å². The minimum atomic E-state index is -0.136. The molecule has 1 N–H and O–H groups in total. The summed E-state index contributed by atoms with van der Waals surface area (Å²) in [7, 11) is 0. The highest BCUT2D eigenvalue weighted by Crippen LogP contribution is 2.15. The number of benzene rings is 1. The largest absolute Gasteiger partial charge is 0.313 e. The van der Waals surface area contributed by atoms with E-state index in [0.29, 0.717) is 6.04 Å². The van der Waals surface area contributed by atoms with Gasteiger partial charge in [-0.3, -0.25) is 4.90 Å². The second kappa shape index (κ2) is 7.01. The molecule has 0 aromatic heterocycles. The molecule has 0 radical (unpaired) electrons. The topological polar surface area (TPSA) is 15.3 Å². The molecule has 2 nitrogen and oxygen atoms in total. The van der Waals surface area contributed by atoms with E-state index in [1.807, 2.05) is 13.0 Å². The Morgan fingerprint density at radius 2 is 2.26 bits per heavy atom. The Morgan fingerprint density at radius 3 is 3.00 bits per heavy atom. The lowest BCUT2D eigenvalue weighted by Crippen LogP contribution is -2.37. The highest BCUT2D eigenvalue weighted by atomic mass is 19.1. The van der Waals surface area contributed by atoms with Crippen molar-refractivity contribution in [3.05, 3.63) is 35.1 Å². The number of nitrogens with one attached hydrogen (secondary N) is 1. The molecule has 1 aromatic carbocycles. The Bertz CT molecular complexity index is 406. The zero-order valence-corrected chi connectivity index (χ0v) is 12.1. The maximum atomic E-state index is 13.1. The molecule has 0 amide bonds. The molecule has 3 heteroatoms. The quantitative estimate of drug-likeness (QED) is 0.899. The molecule has 1 unspecified atom stereocenters. The molecule has 1 heterocycles. The van der Waals surface area contributed by atoms with Crippen LogP contribution in [-0.2, 0) is 6.54 Å². The Balaban J connectivity index is 2.00. The second-order valence-electron chi connectivity index (χ2n) is 5.60. The summed E-state index contributed by atoms with van der Waals surface area (Å²) in [6.07, 6.45) is 3.65. The molecular formula is C16H25FN2. The van der Waals surface area contributed by atoms with Gasteiger partial charge in [0.2, 0.25) is 0 Å². The van der Waals surface area contributed by atoms with Gasteiger partial charge in [-0.2, -0.15) is 0 Å². The van der Waals surface area contributed by atoms with Crippen LogP contribution in [0.25, 0.3) is 0 Å². The van der Waals surface area contributed by atoms with Crippen molar-refractivity contribution >= 4 is 0 Å². The van der Waals surface area contributed by atoms with Gasteiger partial charge >= 0.3 is 0 Å². The van der Waals surface area contributed by atoms with E-state index in [2.05, 4.69) is 17.1 Å². The monoisotopic (exact) mass is 264 g/mol. The molecule has 0 spiro atoms. The standard InChI is InChI=1S/C16H25FN2/c1-3-5-16-12-19(9-4-8-18-16)11-14-6-7-15(17)10-13(14)2/h6-7,10,16,18H,3-5,8-9,11-12H2,1-2H3. The first-order chi connectivity index (χ1) is 9.19. The first-order valence-corrected chi connectivity index (χ1v) is 7.40. The molecule has 1 aliphatic rings. The molecular weight excluding hydrogens is 239 g/mol. The van der Waals surface area contributed by atoms with Crippen molar-refractivity contribution in [3.8, 4) is 0 Å². The van der Waals surface area contributed by atoms with Crippen LogP contribution in [0.15, 0.2) is 18.2 Å². The van der Waals surface area contributed by atoms with Crippen LogP contribution in [0.4, 0.5) is 4.39 Å². The van der Waals surface area contributed by atoms with Gasteiger partial charge in [0.05, 0.1) is 0 Å². The van der Waals surface area contributed by atoms with E-state index in [4.69, 9.17) is 0 Å². The van der Waals surface area contributed by atoms with Gasteiger partial charge in [-0.1, -0.05) is 19.4 Å². The Morgan fingerprint density at radius 1 is 1.42 bits per heavy atom. The molecule has 1 aromatic rings. The predicted octanol–water partition coefficient (Wildman–Crippen LogP) is 3.10. The van der Waals surface area contributed by atoms with Gasteiger partial charge in [0.15, 0.2) is 0 Å². The molecule has 1 atom stereocenters. The fourth-order valence-electron chi connectivity index (χ4n) is 2.84. The average Bonchev–Trinajstić information content (AvgIpc) is 2.59. The Kier molecular flexibility index (Phi) is 5.34. The van der Waals surface area contributed by atoms with Gasteiger partial charge in [-0.25, -0.2) is 4.39 Å². The van der Waals surface area contributed by atoms with Gasteiger partial charge < -0.3 is 5.32 Å². The summed E-state index contributed by atoms with van der Waals surface area (Å²) in [5.74, 6) is -0.136. The summed E-state index contributed by atoms with van der Waals surface area (Å²) in [4.78, 5) is 2.50. The Hall–Kier alpha value is -0.930. The number of aryl methyl sites for hydroxylation is 1. The SMILES string of the molecule is CCCC1CN(Cc2ccc(F)cc2C)CCCN1. The fourth-order valence-corrected chi connectivity index (χ4v) is 2.84. The van der Waals surface area contributed by atoms with Crippen LogP contribution in [0.5, 0.6) is 0 Å². The van der Waals surface area contributed by atoms with Crippen LogP contribution < -0.4 is 5.32 Å². The van der Waals surface area contributed by atoms with E-state index in [1.165, 1.54) is 24.8 Å². The number of hydrogen-bond acceptors (Lipinski definition) is 2. The van der Waals surface area contributed by atoms with Crippen molar-refractivity contribution in [2.24, 2.45) is 0 Å². The predicted molar refractivity (Wildman–Crippen MR) is 77.7 cm³/mol. The summed E-state index contributed by atoms with van der Waals surface area (Å²) in [5.41, 5.74) is 2.31. The van der Waals surface area contributed by atoms with Crippen molar-refractivity contribution < 1.29 is 4.39 Å². The maximum Gasteiger partial charge on any atom is 0.123 e. The van der Waals surface area contributed by atoms with E-state index >= 15 is 0 Å². The van der Waals surface area contributed by atoms with Crippen LogP contribution in [-0.4, -0.2) is 30.6 Å². The summed E-state index contributed by atoms with van der Waals surface area (Å²) in [5, 5.41) is 3.62. The molecule has 0 bridgehead atoms. The van der Waals surface area contributed by atoms with Crippen molar-refractivity contribution in [1.29, 1.82) is 0 Å². The van der Waals surface area contributed by atoms with E-state index in [1.54, 1.807) is 12.1 Å². The van der Waals surface area contributed by atoms with Gasteiger partial charge in [0, 0.05) is 19.1 Å². The van der Waals surface area contributed by atoms with Gasteiger partial charge in [-0.05, 0) is 56.1 Å². The van der Waals surface area contributed by atoms with Crippen molar-refractivity contribution in [3.63, 3.8) is 0 Å². The number of nitrogens with zero attached hydrogens (tertiary/aromatic N) is 1. The van der Waals surface area contributed by atoms with Crippen molar-refractivity contribution in [2.45, 2.75) is 45.7 Å². The highest BCUT2D eigenvalue weighted by molar-refractivity contribution is 5.26. The summed E-state index contributed by atoms with van der Waals surface area (Å²) in [6.45, 7) is 8.52. The lowest BCUT2D eigenvalue weighted by Gasteiger charge is -2.25. The first-order valence-electron chi connectivity index (χ1n) is 7.40. The van der Waals surface area contributed by atoms with Gasteiger partial charge in [0.1, 0.15) is 5.82 Å².